The Morgan fingerprint density at radius 3 is 2.71 bits per heavy atom. The zero-order valence-corrected chi connectivity index (χ0v) is 16.4. The van der Waals surface area contributed by atoms with Crippen LogP contribution in [0.3, 0.4) is 0 Å². The molecule has 0 saturated heterocycles. The first-order valence-electron chi connectivity index (χ1n) is 8.70. The van der Waals surface area contributed by atoms with Crippen LogP contribution in [0.25, 0.3) is 5.69 Å². The van der Waals surface area contributed by atoms with Crippen molar-refractivity contribution in [2.75, 3.05) is 26.4 Å². The number of benzene rings is 2. The minimum Gasteiger partial charge on any atom is -0.353 e. The fourth-order valence-corrected chi connectivity index (χ4v) is 3.42. The van der Waals surface area contributed by atoms with Crippen molar-refractivity contribution in [3.05, 3.63) is 66.0 Å². The molecule has 9 heteroatoms. The van der Waals surface area contributed by atoms with Gasteiger partial charge in [-0.2, -0.15) is 4.68 Å². The number of hydrogen-bond acceptors (Lipinski definition) is 6. The molecule has 1 aromatic heterocycles. The first kappa shape index (κ1) is 20.0. The van der Waals surface area contributed by atoms with Crippen molar-refractivity contribution < 1.29 is 9.18 Å². The van der Waals surface area contributed by atoms with Gasteiger partial charge in [0, 0.05) is 6.54 Å². The molecule has 1 heterocycles. The molecule has 0 spiro atoms. The minimum atomic E-state index is -0.377. The number of amides is 1. The Morgan fingerprint density at radius 2 is 2.00 bits per heavy atom. The largest absolute Gasteiger partial charge is 0.353 e. The predicted octanol–water partition coefficient (Wildman–Crippen LogP) is 2.31. The second kappa shape index (κ2) is 9.43. The molecular formula is C19H21FN6OS. The molecule has 28 heavy (non-hydrogen) atoms. The van der Waals surface area contributed by atoms with Crippen molar-refractivity contribution in [1.29, 1.82) is 0 Å². The average Bonchev–Trinajstić information content (AvgIpc) is 3.16. The van der Waals surface area contributed by atoms with E-state index in [4.69, 9.17) is 0 Å². The summed E-state index contributed by atoms with van der Waals surface area (Å²) in [5.74, 6) is -0.344. The van der Waals surface area contributed by atoms with Crippen LogP contribution in [0, 0.1) is 5.82 Å². The molecule has 3 aromatic rings. The maximum Gasteiger partial charge on any atom is 0.230 e. The average molecular weight is 400 g/mol. The van der Waals surface area contributed by atoms with Gasteiger partial charge >= 0.3 is 0 Å². The summed E-state index contributed by atoms with van der Waals surface area (Å²) in [6, 6.07) is 16.1. The van der Waals surface area contributed by atoms with E-state index in [0.29, 0.717) is 17.4 Å². The van der Waals surface area contributed by atoms with Crippen LogP contribution >= 0.6 is 11.8 Å². The van der Waals surface area contributed by atoms with Crippen LogP contribution in [-0.2, 0) is 4.79 Å². The number of carbonyl (C=O) groups excluding carboxylic acids is 1. The van der Waals surface area contributed by atoms with Crippen LogP contribution in [0.15, 0.2) is 59.8 Å². The van der Waals surface area contributed by atoms with E-state index >= 15 is 0 Å². The third-order valence-corrected chi connectivity index (χ3v) is 5.05. The second-order valence-corrected chi connectivity index (χ2v) is 7.28. The van der Waals surface area contributed by atoms with Crippen molar-refractivity contribution in [2.24, 2.45) is 0 Å². The first-order valence-corrected chi connectivity index (χ1v) is 9.68. The summed E-state index contributed by atoms with van der Waals surface area (Å²) in [6.45, 7) is 0.491. The van der Waals surface area contributed by atoms with Gasteiger partial charge in [0.2, 0.25) is 11.1 Å². The Morgan fingerprint density at radius 1 is 1.21 bits per heavy atom. The van der Waals surface area contributed by atoms with Crippen molar-refractivity contribution in [3.8, 4) is 5.69 Å². The topological polar surface area (TPSA) is 75.9 Å². The van der Waals surface area contributed by atoms with Crippen molar-refractivity contribution >= 4 is 17.7 Å². The van der Waals surface area contributed by atoms with E-state index < -0.39 is 0 Å². The normalized spacial score (nSPS) is 12.1. The van der Waals surface area contributed by atoms with Crippen molar-refractivity contribution in [1.82, 2.24) is 30.4 Å². The molecule has 0 saturated carbocycles. The monoisotopic (exact) mass is 400 g/mol. The Balaban J connectivity index is 1.57. The summed E-state index contributed by atoms with van der Waals surface area (Å²) in [5.41, 5.74) is 1.64. The lowest BCUT2D eigenvalue weighted by molar-refractivity contribution is -0.118. The van der Waals surface area contributed by atoms with Gasteiger partial charge in [-0.1, -0.05) is 48.2 Å². The molecule has 0 aliphatic rings. The first-order chi connectivity index (χ1) is 13.5. The standard InChI is InChI=1S/C19H21FN6OS/c1-25(2)17(14-7-4-3-5-8-14)12-21-18(27)13-28-19-22-23-24-26(19)16-10-6-9-15(20)11-16/h3-11,17H,12-13H2,1-2H3,(H,21,27)/t17-/m0/s1. The van der Waals surface area contributed by atoms with E-state index in [1.54, 1.807) is 12.1 Å². The second-order valence-electron chi connectivity index (χ2n) is 6.34. The van der Waals surface area contributed by atoms with Crippen LogP contribution in [0.1, 0.15) is 11.6 Å². The Kier molecular flexibility index (Phi) is 6.72. The fraction of sp³-hybridized carbons (Fsp3) is 0.263. The highest BCUT2D eigenvalue weighted by Gasteiger charge is 2.16. The van der Waals surface area contributed by atoms with Gasteiger partial charge in [-0.15, -0.1) is 5.10 Å². The van der Waals surface area contributed by atoms with Gasteiger partial charge in [0.05, 0.1) is 17.5 Å². The van der Waals surface area contributed by atoms with Crippen molar-refractivity contribution in [2.45, 2.75) is 11.2 Å². The number of halogens is 1. The van der Waals surface area contributed by atoms with Crippen LogP contribution in [0.4, 0.5) is 4.39 Å². The third-order valence-electron chi connectivity index (χ3n) is 4.13. The number of likely N-dealkylation sites (N-methyl/N-ethyl adjacent to an activating group) is 1. The van der Waals surface area contributed by atoms with E-state index in [1.807, 2.05) is 44.4 Å². The lowest BCUT2D eigenvalue weighted by Crippen LogP contribution is -2.35. The molecule has 0 fully saturated rings. The SMILES string of the molecule is CN(C)[C@@H](CNC(=O)CSc1nnnn1-c1cccc(F)c1)c1ccccc1. The van der Waals surface area contributed by atoms with Crippen LogP contribution in [-0.4, -0.2) is 57.4 Å². The summed E-state index contributed by atoms with van der Waals surface area (Å²) in [5, 5.41) is 14.8. The summed E-state index contributed by atoms with van der Waals surface area (Å²) < 4.78 is 14.8. The molecule has 0 aliphatic heterocycles. The van der Waals surface area contributed by atoms with E-state index in [-0.39, 0.29) is 23.5 Å². The maximum atomic E-state index is 13.4. The van der Waals surface area contributed by atoms with Crippen LogP contribution in [0.2, 0.25) is 0 Å². The predicted molar refractivity (Wildman–Crippen MR) is 106 cm³/mol. The van der Waals surface area contributed by atoms with E-state index in [9.17, 15) is 9.18 Å². The lowest BCUT2D eigenvalue weighted by Gasteiger charge is -2.25. The fourth-order valence-electron chi connectivity index (χ4n) is 2.70. The highest BCUT2D eigenvalue weighted by molar-refractivity contribution is 7.99. The summed E-state index contributed by atoms with van der Waals surface area (Å²) in [4.78, 5) is 14.4. The highest BCUT2D eigenvalue weighted by Crippen LogP contribution is 2.19. The zero-order chi connectivity index (χ0) is 19.9. The number of rotatable bonds is 8. The van der Waals surface area contributed by atoms with Gasteiger partial charge < -0.3 is 10.2 Å². The minimum absolute atomic E-state index is 0.0766. The number of carbonyl (C=O) groups is 1. The molecule has 146 valence electrons. The molecule has 0 bridgehead atoms. The quantitative estimate of drug-likeness (QED) is 0.585. The number of thioether (sulfide) groups is 1. The summed E-state index contributed by atoms with van der Waals surface area (Å²) in [6.07, 6.45) is 0. The molecular weight excluding hydrogens is 379 g/mol. The van der Waals surface area contributed by atoms with Gasteiger partial charge in [-0.05, 0) is 48.3 Å². The Hall–Kier alpha value is -2.78. The van der Waals surface area contributed by atoms with E-state index in [0.717, 1.165) is 5.56 Å². The summed E-state index contributed by atoms with van der Waals surface area (Å²) >= 11 is 1.20. The maximum absolute atomic E-state index is 13.4. The van der Waals surface area contributed by atoms with Gasteiger partial charge in [-0.25, -0.2) is 4.39 Å². The zero-order valence-electron chi connectivity index (χ0n) is 15.6. The Labute approximate surface area is 166 Å². The molecule has 1 amide bonds. The number of nitrogens with one attached hydrogen (secondary N) is 1. The van der Waals surface area contributed by atoms with Crippen LogP contribution < -0.4 is 5.32 Å². The molecule has 1 N–H and O–H groups in total. The smallest absolute Gasteiger partial charge is 0.230 e. The van der Waals surface area contributed by atoms with Gasteiger partial charge in [0.1, 0.15) is 5.82 Å². The van der Waals surface area contributed by atoms with Crippen LogP contribution in [0.5, 0.6) is 0 Å². The van der Waals surface area contributed by atoms with Gasteiger partial charge in [-0.3, -0.25) is 4.79 Å². The summed E-state index contributed by atoms with van der Waals surface area (Å²) in [7, 11) is 3.96. The van der Waals surface area contributed by atoms with Gasteiger partial charge in [0.15, 0.2) is 0 Å². The molecule has 2 aromatic carbocycles. The molecule has 0 unspecified atom stereocenters. The van der Waals surface area contributed by atoms with Gasteiger partial charge in [0.25, 0.3) is 0 Å². The number of tetrazole rings is 1. The number of hydrogen-bond donors (Lipinski definition) is 1. The molecule has 0 radical (unpaired) electrons. The molecule has 1 atom stereocenters. The highest BCUT2D eigenvalue weighted by atomic mass is 32.2. The van der Waals surface area contributed by atoms with E-state index in [2.05, 4.69) is 25.7 Å². The number of aromatic nitrogens is 4. The van der Waals surface area contributed by atoms with Crippen molar-refractivity contribution in [3.63, 3.8) is 0 Å². The molecule has 0 aliphatic carbocycles. The third kappa shape index (κ3) is 5.14. The Bertz CT molecular complexity index is 918. The molecule has 7 nitrogen and oxygen atoms in total. The van der Waals surface area contributed by atoms with E-state index in [1.165, 1.54) is 28.6 Å². The number of nitrogens with zero attached hydrogens (tertiary/aromatic N) is 5. The lowest BCUT2D eigenvalue weighted by atomic mass is 10.1. The molecule has 3 rings (SSSR count).